The third-order valence-corrected chi connectivity index (χ3v) is 6.44. The van der Waals surface area contributed by atoms with Crippen LogP contribution in [0.3, 0.4) is 0 Å². The van der Waals surface area contributed by atoms with Crippen molar-refractivity contribution in [3.8, 4) is 0 Å². The van der Waals surface area contributed by atoms with Crippen LogP contribution in [0.5, 0.6) is 0 Å². The van der Waals surface area contributed by atoms with E-state index < -0.39 is 10.1 Å². The quantitative estimate of drug-likeness (QED) is 0.152. The molecule has 0 saturated carbocycles. The van der Waals surface area contributed by atoms with Crippen LogP contribution >= 0.6 is 0 Å². The topological polar surface area (TPSA) is 77.4 Å². The summed E-state index contributed by atoms with van der Waals surface area (Å²) in [5, 5.41) is 9.50. The molecule has 1 N–H and O–H groups in total. The zero-order chi connectivity index (χ0) is 20.9. The van der Waals surface area contributed by atoms with Crippen molar-refractivity contribution in [2.75, 3.05) is 5.75 Å². The van der Waals surface area contributed by atoms with Crippen LogP contribution in [0.25, 0.3) is 0 Å². The molecule has 0 aromatic carbocycles. The monoisotopic (exact) mass is 458 g/mol. The molecule has 0 amide bonds. The first-order chi connectivity index (χ1) is 13.5. The fourth-order valence-corrected chi connectivity index (χ4v) is 4.25. The van der Waals surface area contributed by atoms with E-state index in [9.17, 15) is 18.1 Å². The molecular weight excluding hydrogens is 411 g/mol. The zero-order valence-corrected chi connectivity index (χ0v) is 23.4. The summed E-state index contributed by atoms with van der Waals surface area (Å²) in [5.74, 6) is -0.197. The van der Waals surface area contributed by atoms with Gasteiger partial charge in [-0.25, -0.2) is 8.42 Å². The number of hydrogen-bond donors (Lipinski definition) is 1. The van der Waals surface area contributed by atoms with Crippen molar-refractivity contribution in [1.29, 1.82) is 0 Å². The van der Waals surface area contributed by atoms with Gasteiger partial charge >= 0.3 is 51.4 Å². The first kappa shape index (κ1) is 32.7. The molecule has 1 unspecified atom stereocenters. The number of aliphatic hydroxyl groups excluding tert-OH is 1. The van der Waals surface area contributed by atoms with E-state index in [1.165, 1.54) is 89.9 Å². The normalized spacial score (nSPS) is 12.7. The molecule has 0 saturated heterocycles. The first-order valence-corrected chi connectivity index (χ1v) is 13.6. The minimum Gasteiger partial charge on any atom is -0.748 e. The maximum absolute atomic E-state index is 10.5. The summed E-state index contributed by atoms with van der Waals surface area (Å²) in [7, 11) is -4.01. The summed E-state index contributed by atoms with van der Waals surface area (Å²) < 4.78 is 31.4. The molecule has 0 aliphatic heterocycles. The molecule has 0 aromatic heterocycles. The van der Waals surface area contributed by atoms with Crippen LogP contribution in [0.1, 0.15) is 135 Å². The maximum atomic E-state index is 10.5. The molecule has 0 aromatic rings. The van der Waals surface area contributed by atoms with E-state index in [-0.39, 0.29) is 63.2 Å². The summed E-state index contributed by atoms with van der Waals surface area (Å²) in [6, 6.07) is 0. The van der Waals surface area contributed by atoms with Crippen molar-refractivity contribution in [1.82, 2.24) is 0 Å². The van der Waals surface area contributed by atoms with Gasteiger partial charge in [0.15, 0.2) is 0 Å². The van der Waals surface area contributed by atoms with Gasteiger partial charge in [0.05, 0.1) is 16.2 Å². The van der Waals surface area contributed by atoms with Crippen LogP contribution in [-0.4, -0.2) is 29.9 Å². The van der Waals surface area contributed by atoms with Crippen molar-refractivity contribution in [3.05, 3.63) is 0 Å². The fraction of sp³-hybridized carbons (Fsp3) is 1.00. The van der Waals surface area contributed by atoms with Crippen LogP contribution in [0.2, 0.25) is 0 Å². The van der Waals surface area contributed by atoms with Crippen LogP contribution in [-0.2, 0) is 10.1 Å². The van der Waals surface area contributed by atoms with Gasteiger partial charge in [-0.05, 0) is 19.3 Å². The second-order valence-corrected chi connectivity index (χ2v) is 10.0. The van der Waals surface area contributed by atoms with Crippen LogP contribution in [0.4, 0.5) is 0 Å². The first-order valence-electron chi connectivity index (χ1n) is 12.1. The van der Waals surface area contributed by atoms with Crippen molar-refractivity contribution in [2.45, 2.75) is 141 Å². The number of rotatable bonds is 22. The molecule has 29 heavy (non-hydrogen) atoms. The van der Waals surface area contributed by atoms with Gasteiger partial charge in [-0.2, -0.15) is 0 Å². The van der Waals surface area contributed by atoms with Crippen molar-refractivity contribution < 1.29 is 69.5 Å². The summed E-state index contributed by atoms with van der Waals surface area (Å²) in [4.78, 5) is 0. The molecule has 170 valence electrons. The Labute approximate surface area is 224 Å². The summed E-state index contributed by atoms with van der Waals surface area (Å²) in [6.07, 6.45) is 24.0. The van der Waals surface area contributed by atoms with E-state index in [0.717, 1.165) is 32.1 Å². The third kappa shape index (κ3) is 29.5. The molecule has 0 fully saturated rings. The number of hydrogen-bond acceptors (Lipinski definition) is 4. The smallest absolute Gasteiger partial charge is 0.748 e. The maximum Gasteiger partial charge on any atom is 1.00 e. The molecule has 0 spiro atoms. The van der Waals surface area contributed by atoms with E-state index in [1.807, 2.05) is 6.92 Å². The van der Waals surface area contributed by atoms with E-state index in [1.54, 1.807) is 0 Å². The molecule has 1 atom stereocenters. The van der Waals surface area contributed by atoms with Gasteiger partial charge in [-0.15, -0.1) is 0 Å². The molecule has 0 heterocycles. The van der Waals surface area contributed by atoms with Crippen molar-refractivity contribution in [3.63, 3.8) is 0 Å². The van der Waals surface area contributed by atoms with Gasteiger partial charge in [0, 0.05) is 5.75 Å². The van der Waals surface area contributed by atoms with Gasteiger partial charge in [-0.1, -0.05) is 116 Å². The Morgan fingerprint density at radius 1 is 0.621 bits per heavy atom. The Hall–Kier alpha value is 1.51. The van der Waals surface area contributed by atoms with Crippen LogP contribution < -0.4 is 51.4 Å². The Kier molecular flexibility index (Phi) is 27.2. The summed E-state index contributed by atoms with van der Waals surface area (Å²) in [5.41, 5.74) is 0. The van der Waals surface area contributed by atoms with Gasteiger partial charge in [0.1, 0.15) is 0 Å². The molecule has 0 aliphatic carbocycles. The van der Waals surface area contributed by atoms with E-state index in [4.69, 9.17) is 0 Å². The van der Waals surface area contributed by atoms with E-state index >= 15 is 0 Å². The summed E-state index contributed by atoms with van der Waals surface area (Å²) in [6.45, 7) is 2.05. The van der Waals surface area contributed by atoms with Gasteiger partial charge in [0.25, 0.3) is 0 Å². The van der Waals surface area contributed by atoms with Gasteiger partial charge < -0.3 is 9.66 Å². The number of unbranched alkanes of at least 4 members (excludes halogenated alkanes) is 17. The fourth-order valence-electron chi connectivity index (χ4n) is 3.69. The average molecular weight is 459 g/mol. The van der Waals surface area contributed by atoms with Crippen LogP contribution in [0, 0.1) is 0 Å². The second-order valence-electron chi connectivity index (χ2n) is 8.48. The Morgan fingerprint density at radius 3 is 1.17 bits per heavy atom. The van der Waals surface area contributed by atoms with Crippen LogP contribution in [0.15, 0.2) is 0 Å². The second kappa shape index (κ2) is 24.2. The Balaban J connectivity index is 0. The SMILES string of the molecule is CCC(O)CCCCCCCCCCCCCCCCCCCCS(=O)(=O)[O-].[K+]. The largest absolute Gasteiger partial charge is 1.00 e. The summed E-state index contributed by atoms with van der Waals surface area (Å²) >= 11 is 0. The molecule has 0 aliphatic rings. The van der Waals surface area contributed by atoms with E-state index in [2.05, 4.69) is 0 Å². The Bertz CT molecular complexity index is 415. The molecule has 0 bridgehead atoms. The standard InChI is InChI=1S/C23H48O4S.K/c1-2-23(24)21-19-17-15-13-11-9-7-5-3-4-6-8-10-12-14-16-18-20-22-28(25,26)27;/h23-24H,2-22H2,1H3,(H,25,26,27);/q;+1/p-1. The minimum atomic E-state index is -4.01. The molecule has 6 heteroatoms. The molecule has 4 nitrogen and oxygen atoms in total. The average Bonchev–Trinajstić information content (AvgIpc) is 2.65. The van der Waals surface area contributed by atoms with E-state index in [0.29, 0.717) is 6.42 Å². The van der Waals surface area contributed by atoms with Crippen molar-refractivity contribution in [2.24, 2.45) is 0 Å². The predicted octanol–water partition coefficient (Wildman–Crippen LogP) is 3.72. The van der Waals surface area contributed by atoms with Gasteiger partial charge in [-0.3, -0.25) is 0 Å². The zero-order valence-electron chi connectivity index (χ0n) is 19.5. The van der Waals surface area contributed by atoms with Gasteiger partial charge in [0.2, 0.25) is 0 Å². The third-order valence-electron chi connectivity index (χ3n) is 5.65. The predicted molar refractivity (Wildman–Crippen MR) is 119 cm³/mol. The Morgan fingerprint density at radius 2 is 0.897 bits per heavy atom. The number of aliphatic hydroxyl groups is 1. The molecule has 0 rings (SSSR count). The molecular formula is C23H47KO4S. The molecule has 0 radical (unpaired) electrons. The van der Waals surface area contributed by atoms with Crippen molar-refractivity contribution >= 4 is 10.1 Å². The minimum absolute atomic E-state index is 0.